The van der Waals surface area contributed by atoms with Gasteiger partial charge in [0.15, 0.2) is 0 Å². The maximum absolute atomic E-state index is 11.7. The number of hydrogen-bond donors (Lipinski definition) is 2. The molecule has 0 aromatic carbocycles. The Balaban J connectivity index is 1.91. The Hall–Kier alpha value is -1.42. The summed E-state index contributed by atoms with van der Waals surface area (Å²) in [5.74, 6) is -0.0185. The standard InChI is InChI=1S/C11H15N3O/c15-11(9-2-1-5-13-8-9)14-10-3-6-12-7-4-10/h1-2,5,8,10,12H,3-4,6-7H2,(H,14,15). The van der Waals surface area contributed by atoms with Crippen molar-refractivity contribution in [2.24, 2.45) is 0 Å². The molecular weight excluding hydrogens is 190 g/mol. The highest BCUT2D eigenvalue weighted by molar-refractivity contribution is 5.93. The Morgan fingerprint density at radius 2 is 2.27 bits per heavy atom. The van der Waals surface area contributed by atoms with Crippen molar-refractivity contribution in [1.29, 1.82) is 0 Å². The Bertz CT molecular complexity index is 320. The van der Waals surface area contributed by atoms with Crippen LogP contribution in [0.15, 0.2) is 24.5 Å². The topological polar surface area (TPSA) is 54.0 Å². The number of nitrogens with one attached hydrogen (secondary N) is 2. The largest absolute Gasteiger partial charge is 0.349 e. The van der Waals surface area contributed by atoms with E-state index in [9.17, 15) is 4.79 Å². The first-order valence-corrected chi connectivity index (χ1v) is 5.28. The highest BCUT2D eigenvalue weighted by Crippen LogP contribution is 2.04. The van der Waals surface area contributed by atoms with E-state index in [4.69, 9.17) is 0 Å². The minimum Gasteiger partial charge on any atom is -0.349 e. The van der Waals surface area contributed by atoms with Crippen molar-refractivity contribution in [3.05, 3.63) is 30.1 Å². The fraction of sp³-hybridized carbons (Fsp3) is 0.455. The van der Waals surface area contributed by atoms with Crippen molar-refractivity contribution in [1.82, 2.24) is 15.6 Å². The quantitative estimate of drug-likeness (QED) is 0.742. The van der Waals surface area contributed by atoms with Gasteiger partial charge in [-0.2, -0.15) is 0 Å². The summed E-state index contributed by atoms with van der Waals surface area (Å²) >= 11 is 0. The molecular formula is C11H15N3O. The van der Waals surface area contributed by atoms with Gasteiger partial charge in [0.2, 0.25) is 0 Å². The molecule has 1 aliphatic rings. The van der Waals surface area contributed by atoms with Gasteiger partial charge in [0.25, 0.3) is 5.91 Å². The molecule has 0 unspecified atom stereocenters. The molecule has 0 bridgehead atoms. The zero-order chi connectivity index (χ0) is 10.5. The second-order valence-electron chi connectivity index (χ2n) is 3.74. The summed E-state index contributed by atoms with van der Waals surface area (Å²) in [6.07, 6.45) is 5.27. The summed E-state index contributed by atoms with van der Waals surface area (Å²) in [6, 6.07) is 3.86. The SMILES string of the molecule is O=C(NC1CCNCC1)c1cccnc1. The number of carbonyl (C=O) groups is 1. The summed E-state index contributed by atoms with van der Waals surface area (Å²) < 4.78 is 0. The monoisotopic (exact) mass is 205 g/mol. The van der Waals surface area contributed by atoms with Gasteiger partial charge in [0.1, 0.15) is 0 Å². The molecule has 0 atom stereocenters. The molecule has 0 radical (unpaired) electrons. The van der Waals surface area contributed by atoms with Gasteiger partial charge in [-0.25, -0.2) is 0 Å². The molecule has 15 heavy (non-hydrogen) atoms. The Morgan fingerprint density at radius 1 is 1.47 bits per heavy atom. The van der Waals surface area contributed by atoms with Gasteiger partial charge in [-0.05, 0) is 38.1 Å². The maximum atomic E-state index is 11.7. The summed E-state index contributed by atoms with van der Waals surface area (Å²) in [7, 11) is 0. The van der Waals surface area contributed by atoms with Crippen LogP contribution in [-0.4, -0.2) is 30.0 Å². The summed E-state index contributed by atoms with van der Waals surface area (Å²) in [4.78, 5) is 15.7. The van der Waals surface area contributed by atoms with Gasteiger partial charge in [-0.15, -0.1) is 0 Å². The zero-order valence-corrected chi connectivity index (χ0v) is 8.57. The third-order valence-electron chi connectivity index (χ3n) is 2.60. The van der Waals surface area contributed by atoms with E-state index in [2.05, 4.69) is 15.6 Å². The number of aromatic nitrogens is 1. The number of rotatable bonds is 2. The lowest BCUT2D eigenvalue weighted by Crippen LogP contribution is -2.42. The van der Waals surface area contributed by atoms with Gasteiger partial charge >= 0.3 is 0 Å². The molecule has 1 aromatic heterocycles. The van der Waals surface area contributed by atoms with E-state index < -0.39 is 0 Å². The lowest BCUT2D eigenvalue weighted by molar-refractivity contribution is 0.0929. The van der Waals surface area contributed by atoms with Crippen LogP contribution in [-0.2, 0) is 0 Å². The average Bonchev–Trinajstić information content (AvgIpc) is 2.31. The van der Waals surface area contributed by atoms with Crippen molar-refractivity contribution in [2.75, 3.05) is 13.1 Å². The first-order valence-electron chi connectivity index (χ1n) is 5.28. The van der Waals surface area contributed by atoms with E-state index in [0.717, 1.165) is 25.9 Å². The lowest BCUT2D eigenvalue weighted by Gasteiger charge is -2.23. The van der Waals surface area contributed by atoms with Crippen molar-refractivity contribution < 1.29 is 4.79 Å². The fourth-order valence-electron chi connectivity index (χ4n) is 1.73. The Labute approximate surface area is 89.1 Å². The number of piperidine rings is 1. The molecule has 2 N–H and O–H groups in total. The van der Waals surface area contributed by atoms with Crippen LogP contribution >= 0.6 is 0 Å². The van der Waals surface area contributed by atoms with E-state index >= 15 is 0 Å². The van der Waals surface area contributed by atoms with Crippen molar-refractivity contribution in [3.63, 3.8) is 0 Å². The average molecular weight is 205 g/mol. The Morgan fingerprint density at radius 3 is 2.93 bits per heavy atom. The second-order valence-corrected chi connectivity index (χ2v) is 3.74. The summed E-state index contributed by atoms with van der Waals surface area (Å²) in [6.45, 7) is 1.97. The molecule has 0 aliphatic carbocycles. The number of nitrogens with zero attached hydrogens (tertiary/aromatic N) is 1. The number of carbonyl (C=O) groups excluding carboxylic acids is 1. The predicted octanol–water partition coefficient (Wildman–Crippen LogP) is 0.563. The van der Waals surface area contributed by atoms with E-state index in [1.54, 1.807) is 24.5 Å². The van der Waals surface area contributed by atoms with Crippen LogP contribution in [0, 0.1) is 0 Å². The molecule has 80 valence electrons. The van der Waals surface area contributed by atoms with Crippen LogP contribution in [0.3, 0.4) is 0 Å². The first kappa shape index (κ1) is 10.1. The normalized spacial score (nSPS) is 17.3. The molecule has 1 aromatic rings. The molecule has 4 heteroatoms. The maximum Gasteiger partial charge on any atom is 0.253 e. The highest BCUT2D eigenvalue weighted by atomic mass is 16.1. The van der Waals surface area contributed by atoms with Crippen molar-refractivity contribution >= 4 is 5.91 Å². The van der Waals surface area contributed by atoms with Crippen molar-refractivity contribution in [3.8, 4) is 0 Å². The minimum absolute atomic E-state index is 0.0185. The summed E-state index contributed by atoms with van der Waals surface area (Å²) in [5.41, 5.74) is 0.635. The van der Waals surface area contributed by atoms with Crippen LogP contribution in [0.25, 0.3) is 0 Å². The van der Waals surface area contributed by atoms with Gasteiger partial charge in [-0.3, -0.25) is 9.78 Å². The zero-order valence-electron chi connectivity index (χ0n) is 8.57. The predicted molar refractivity (Wildman–Crippen MR) is 57.6 cm³/mol. The smallest absolute Gasteiger partial charge is 0.253 e. The van der Waals surface area contributed by atoms with E-state index in [1.165, 1.54) is 0 Å². The third kappa shape index (κ3) is 2.76. The minimum atomic E-state index is -0.0185. The van der Waals surface area contributed by atoms with Gasteiger partial charge in [0, 0.05) is 18.4 Å². The molecule has 0 spiro atoms. The fourth-order valence-corrected chi connectivity index (χ4v) is 1.73. The molecule has 1 saturated heterocycles. The lowest BCUT2D eigenvalue weighted by atomic mass is 10.1. The van der Waals surface area contributed by atoms with E-state index in [1.807, 2.05) is 0 Å². The molecule has 2 rings (SSSR count). The number of pyridine rings is 1. The molecule has 4 nitrogen and oxygen atoms in total. The van der Waals surface area contributed by atoms with Gasteiger partial charge in [-0.1, -0.05) is 0 Å². The number of amides is 1. The third-order valence-corrected chi connectivity index (χ3v) is 2.60. The van der Waals surface area contributed by atoms with Crippen LogP contribution in [0.5, 0.6) is 0 Å². The molecule has 1 aliphatic heterocycles. The highest BCUT2D eigenvalue weighted by Gasteiger charge is 2.15. The van der Waals surface area contributed by atoms with Gasteiger partial charge in [0.05, 0.1) is 5.56 Å². The van der Waals surface area contributed by atoms with E-state index in [-0.39, 0.29) is 5.91 Å². The molecule has 2 heterocycles. The molecule has 1 fully saturated rings. The molecule has 0 saturated carbocycles. The van der Waals surface area contributed by atoms with Gasteiger partial charge < -0.3 is 10.6 Å². The van der Waals surface area contributed by atoms with Crippen LogP contribution in [0.4, 0.5) is 0 Å². The summed E-state index contributed by atoms with van der Waals surface area (Å²) in [5, 5.41) is 6.28. The Kier molecular flexibility index (Phi) is 3.29. The number of hydrogen-bond acceptors (Lipinski definition) is 3. The van der Waals surface area contributed by atoms with E-state index in [0.29, 0.717) is 11.6 Å². The van der Waals surface area contributed by atoms with Crippen LogP contribution < -0.4 is 10.6 Å². The first-order chi connectivity index (χ1) is 7.36. The van der Waals surface area contributed by atoms with Crippen LogP contribution in [0.1, 0.15) is 23.2 Å². The molecule has 1 amide bonds. The van der Waals surface area contributed by atoms with Crippen molar-refractivity contribution in [2.45, 2.75) is 18.9 Å². The van der Waals surface area contributed by atoms with Crippen LogP contribution in [0.2, 0.25) is 0 Å². The second kappa shape index (κ2) is 4.89.